The lowest BCUT2D eigenvalue weighted by molar-refractivity contribution is 0.0193. The van der Waals surface area contributed by atoms with Gasteiger partial charge in [0.25, 0.3) is 0 Å². The molecule has 0 aliphatic carbocycles. The normalized spacial score (nSPS) is 18.9. The van der Waals surface area contributed by atoms with E-state index in [1.807, 2.05) is 27.7 Å². The van der Waals surface area contributed by atoms with Gasteiger partial charge < -0.3 is 25.4 Å². The van der Waals surface area contributed by atoms with Crippen molar-refractivity contribution in [1.82, 2.24) is 15.5 Å². The summed E-state index contributed by atoms with van der Waals surface area (Å²) in [5.74, 6) is 0.0763. The Morgan fingerprint density at radius 2 is 2.14 bits per heavy atom. The fourth-order valence-corrected chi connectivity index (χ4v) is 3.12. The van der Waals surface area contributed by atoms with Crippen molar-refractivity contribution in [2.45, 2.75) is 58.3 Å². The number of halogens is 1. The lowest BCUT2D eigenvalue weighted by Crippen LogP contribution is -2.53. The highest BCUT2D eigenvalue weighted by Gasteiger charge is 2.28. The molecule has 1 saturated heterocycles. The first-order valence-electron chi connectivity index (χ1n) is 10.1. The molecule has 1 aromatic carbocycles. The molecule has 1 aliphatic heterocycles. The fraction of sp³-hybridized carbons (Fsp3) is 0.619. The molecule has 0 saturated carbocycles. The maximum absolute atomic E-state index is 13.8. The number of carbonyl (C=O) groups excluding carboxylic acids is 1. The number of aliphatic hydroxyl groups is 1. The predicted octanol–water partition coefficient (Wildman–Crippen LogP) is 2.81. The first-order valence-corrected chi connectivity index (χ1v) is 10.1. The van der Waals surface area contributed by atoms with E-state index in [1.54, 1.807) is 23.1 Å². The number of hydrogen-bond donors (Lipinski definition) is 3. The molecule has 1 aliphatic rings. The average Bonchev–Trinajstić information content (AvgIpc) is 2.65. The molecule has 1 aromatic rings. The monoisotopic (exact) mass is 408 g/mol. The number of guanidine groups is 1. The molecule has 2 rings (SSSR count). The molecule has 3 N–H and O–H groups in total. The minimum Gasteiger partial charge on any atom is -0.444 e. The third-order valence-corrected chi connectivity index (χ3v) is 4.44. The van der Waals surface area contributed by atoms with Crippen molar-refractivity contribution in [3.8, 4) is 0 Å². The largest absolute Gasteiger partial charge is 0.444 e. The van der Waals surface area contributed by atoms with E-state index in [4.69, 9.17) is 4.74 Å². The molecule has 8 heteroatoms. The van der Waals surface area contributed by atoms with Crippen LogP contribution in [0.4, 0.5) is 9.18 Å². The number of carbonyl (C=O) groups is 1. The number of nitrogens with zero attached hydrogens (tertiary/aromatic N) is 2. The Morgan fingerprint density at radius 3 is 2.79 bits per heavy atom. The number of likely N-dealkylation sites (tertiary alicyclic amines) is 1. The van der Waals surface area contributed by atoms with E-state index in [9.17, 15) is 14.3 Å². The van der Waals surface area contributed by atoms with Crippen molar-refractivity contribution >= 4 is 12.1 Å². The molecule has 2 unspecified atom stereocenters. The number of amides is 1. The number of ether oxygens (including phenoxy) is 1. The second-order valence-electron chi connectivity index (χ2n) is 8.17. The highest BCUT2D eigenvalue weighted by molar-refractivity contribution is 5.80. The summed E-state index contributed by atoms with van der Waals surface area (Å²) in [6.07, 6.45) is 0.394. The van der Waals surface area contributed by atoms with E-state index >= 15 is 0 Å². The zero-order valence-electron chi connectivity index (χ0n) is 17.7. The lowest BCUT2D eigenvalue weighted by Gasteiger charge is -2.35. The maximum Gasteiger partial charge on any atom is 0.410 e. The van der Waals surface area contributed by atoms with E-state index in [0.29, 0.717) is 25.6 Å². The Kier molecular flexibility index (Phi) is 8.25. The SMILES string of the molecule is CCNC(=NCC(O)c1ccccc1F)NC1CCCN(C(=O)OC(C)(C)C)C1. The van der Waals surface area contributed by atoms with Crippen LogP contribution in [0, 0.1) is 5.82 Å². The Bertz CT molecular complexity index is 705. The van der Waals surface area contributed by atoms with Gasteiger partial charge in [-0.1, -0.05) is 18.2 Å². The molecule has 1 fully saturated rings. The Morgan fingerprint density at radius 1 is 1.41 bits per heavy atom. The van der Waals surface area contributed by atoms with Gasteiger partial charge in [-0.15, -0.1) is 0 Å². The summed E-state index contributed by atoms with van der Waals surface area (Å²) in [7, 11) is 0. The predicted molar refractivity (Wildman–Crippen MR) is 111 cm³/mol. The van der Waals surface area contributed by atoms with Crippen LogP contribution < -0.4 is 10.6 Å². The van der Waals surface area contributed by atoms with Crippen LogP contribution in [0.5, 0.6) is 0 Å². The number of hydrogen-bond acceptors (Lipinski definition) is 4. The minimum atomic E-state index is -1.03. The summed E-state index contributed by atoms with van der Waals surface area (Å²) >= 11 is 0. The van der Waals surface area contributed by atoms with Gasteiger partial charge >= 0.3 is 6.09 Å². The molecule has 0 radical (unpaired) electrons. The van der Waals surface area contributed by atoms with Gasteiger partial charge in [0.2, 0.25) is 0 Å². The molecule has 0 bridgehead atoms. The number of rotatable bonds is 5. The summed E-state index contributed by atoms with van der Waals surface area (Å²) in [6, 6.07) is 6.15. The number of piperidine rings is 1. The molecule has 0 aromatic heterocycles. The molecule has 2 atom stereocenters. The third-order valence-electron chi connectivity index (χ3n) is 4.44. The number of benzene rings is 1. The second kappa shape index (κ2) is 10.4. The Labute approximate surface area is 172 Å². The van der Waals surface area contributed by atoms with Gasteiger partial charge in [-0.05, 0) is 46.6 Å². The number of aliphatic hydroxyl groups excluding tert-OH is 1. The zero-order chi connectivity index (χ0) is 21.4. The average molecular weight is 409 g/mol. The molecule has 162 valence electrons. The van der Waals surface area contributed by atoms with Gasteiger partial charge in [0.1, 0.15) is 17.5 Å². The van der Waals surface area contributed by atoms with E-state index in [0.717, 1.165) is 12.8 Å². The van der Waals surface area contributed by atoms with Crippen molar-refractivity contribution in [3.05, 3.63) is 35.6 Å². The lowest BCUT2D eigenvalue weighted by atomic mass is 10.1. The molecular formula is C21H33FN4O3. The first-order chi connectivity index (χ1) is 13.7. The second-order valence-corrected chi connectivity index (χ2v) is 8.17. The van der Waals surface area contributed by atoms with Crippen molar-refractivity contribution in [1.29, 1.82) is 0 Å². The van der Waals surface area contributed by atoms with E-state index in [1.165, 1.54) is 6.07 Å². The minimum absolute atomic E-state index is 0.0136. The van der Waals surface area contributed by atoms with Gasteiger partial charge in [-0.3, -0.25) is 4.99 Å². The summed E-state index contributed by atoms with van der Waals surface area (Å²) in [6.45, 7) is 9.33. The van der Waals surface area contributed by atoms with Crippen LogP contribution in [-0.2, 0) is 4.74 Å². The number of nitrogens with one attached hydrogen (secondary N) is 2. The molecule has 29 heavy (non-hydrogen) atoms. The maximum atomic E-state index is 13.8. The van der Waals surface area contributed by atoms with E-state index in [2.05, 4.69) is 15.6 Å². The smallest absolute Gasteiger partial charge is 0.410 e. The summed E-state index contributed by atoms with van der Waals surface area (Å²) in [5, 5.41) is 16.7. The van der Waals surface area contributed by atoms with Gasteiger partial charge in [-0.2, -0.15) is 0 Å². The summed E-state index contributed by atoms with van der Waals surface area (Å²) in [5.41, 5.74) is -0.308. The quantitative estimate of drug-likeness (QED) is 0.515. The zero-order valence-corrected chi connectivity index (χ0v) is 17.7. The van der Waals surface area contributed by atoms with Gasteiger partial charge in [-0.25, -0.2) is 9.18 Å². The summed E-state index contributed by atoms with van der Waals surface area (Å²) in [4.78, 5) is 18.4. The van der Waals surface area contributed by atoms with Crippen LogP contribution in [0.2, 0.25) is 0 Å². The van der Waals surface area contributed by atoms with E-state index in [-0.39, 0.29) is 24.2 Å². The molecule has 0 spiro atoms. The summed E-state index contributed by atoms with van der Waals surface area (Å²) < 4.78 is 19.3. The first kappa shape index (κ1) is 22.9. The van der Waals surface area contributed by atoms with Crippen molar-refractivity contribution in [2.75, 3.05) is 26.2 Å². The topological polar surface area (TPSA) is 86.2 Å². The van der Waals surface area contributed by atoms with Crippen LogP contribution in [0.1, 0.15) is 52.2 Å². The van der Waals surface area contributed by atoms with Crippen LogP contribution in [0.3, 0.4) is 0 Å². The van der Waals surface area contributed by atoms with Crippen LogP contribution >= 0.6 is 0 Å². The van der Waals surface area contributed by atoms with Gasteiger partial charge in [0.05, 0.1) is 6.54 Å². The fourth-order valence-electron chi connectivity index (χ4n) is 3.12. The highest BCUT2D eigenvalue weighted by Crippen LogP contribution is 2.17. The molecular weight excluding hydrogens is 375 g/mol. The number of aliphatic imine (C=N–C) groups is 1. The third kappa shape index (κ3) is 7.53. The highest BCUT2D eigenvalue weighted by atomic mass is 19.1. The van der Waals surface area contributed by atoms with Gasteiger partial charge in [0.15, 0.2) is 5.96 Å². The standard InChI is InChI=1S/C21H33FN4O3/c1-5-23-19(24-13-18(27)16-10-6-7-11-17(16)22)25-15-9-8-12-26(14-15)20(28)29-21(2,3)4/h6-7,10-11,15,18,27H,5,8-9,12-14H2,1-4H3,(H2,23,24,25). The molecule has 1 amide bonds. The van der Waals surface area contributed by atoms with Crippen molar-refractivity contribution in [2.24, 2.45) is 4.99 Å². The molecule has 7 nitrogen and oxygen atoms in total. The molecule has 1 heterocycles. The van der Waals surface area contributed by atoms with Crippen molar-refractivity contribution in [3.63, 3.8) is 0 Å². The van der Waals surface area contributed by atoms with Crippen LogP contribution in [0.15, 0.2) is 29.3 Å². The van der Waals surface area contributed by atoms with Crippen LogP contribution in [-0.4, -0.2) is 59.9 Å². The van der Waals surface area contributed by atoms with Gasteiger partial charge in [0, 0.05) is 31.2 Å². The van der Waals surface area contributed by atoms with Crippen LogP contribution in [0.25, 0.3) is 0 Å². The Balaban J connectivity index is 1.97. The van der Waals surface area contributed by atoms with E-state index < -0.39 is 17.5 Å². The Hall–Kier alpha value is -2.35. The van der Waals surface area contributed by atoms with Crippen molar-refractivity contribution < 1.29 is 19.0 Å².